The van der Waals surface area contributed by atoms with Crippen molar-refractivity contribution < 1.29 is 23.4 Å². The molecular formula is C14H21ClF2N2O3. The van der Waals surface area contributed by atoms with Gasteiger partial charge < -0.3 is 25.2 Å². The summed E-state index contributed by atoms with van der Waals surface area (Å²) in [6.07, 6.45) is -0.375. The number of methoxy groups -OCH3 is 1. The highest BCUT2D eigenvalue weighted by molar-refractivity contribution is 5.85. The first-order chi connectivity index (χ1) is 10.1. The molecule has 8 heteroatoms. The van der Waals surface area contributed by atoms with Crippen LogP contribution in [-0.4, -0.2) is 44.6 Å². The van der Waals surface area contributed by atoms with Crippen LogP contribution in [0.4, 0.5) is 8.78 Å². The Labute approximate surface area is 134 Å². The van der Waals surface area contributed by atoms with Gasteiger partial charge in [0.05, 0.1) is 13.2 Å². The predicted octanol–water partition coefficient (Wildman–Crippen LogP) is 1.39. The Hall–Kier alpha value is -1.15. The van der Waals surface area contributed by atoms with Crippen molar-refractivity contribution in [3.05, 3.63) is 23.8 Å². The molecule has 2 unspecified atom stereocenters. The minimum Gasteiger partial charge on any atom is -0.493 e. The number of nitrogens with one attached hydrogen (secondary N) is 2. The number of benzene rings is 1. The van der Waals surface area contributed by atoms with Crippen LogP contribution >= 0.6 is 12.4 Å². The first kappa shape index (κ1) is 18.9. The zero-order valence-corrected chi connectivity index (χ0v) is 13.0. The number of hydrogen-bond acceptors (Lipinski definition) is 5. The smallest absolute Gasteiger partial charge is 0.387 e. The van der Waals surface area contributed by atoms with E-state index in [1.807, 2.05) is 0 Å². The number of β-amino-alcohol motifs (C(OH)–C–C–N with tert-alkyl or cyclic N) is 1. The van der Waals surface area contributed by atoms with E-state index in [9.17, 15) is 13.9 Å². The lowest BCUT2D eigenvalue weighted by atomic mass is 10.1. The van der Waals surface area contributed by atoms with Crippen molar-refractivity contribution in [1.82, 2.24) is 10.6 Å². The monoisotopic (exact) mass is 338 g/mol. The zero-order chi connectivity index (χ0) is 15.2. The standard InChI is InChI=1S/C14H20F2N2O3.ClH/c1-20-12-4-2-3-9(13(12)21-14(15)16)5-17-6-10-7-18-8-11(10)19;/h2-4,10-11,14,17-19H,5-8H2,1H3;1H. The van der Waals surface area contributed by atoms with Crippen LogP contribution in [0.25, 0.3) is 0 Å². The highest BCUT2D eigenvalue weighted by Crippen LogP contribution is 2.32. The Bertz CT molecular complexity index is 466. The Morgan fingerprint density at radius 3 is 2.77 bits per heavy atom. The van der Waals surface area contributed by atoms with Gasteiger partial charge in [-0.2, -0.15) is 8.78 Å². The van der Waals surface area contributed by atoms with E-state index >= 15 is 0 Å². The maximum Gasteiger partial charge on any atom is 0.387 e. The van der Waals surface area contributed by atoms with E-state index < -0.39 is 6.61 Å². The van der Waals surface area contributed by atoms with E-state index in [1.54, 1.807) is 18.2 Å². The van der Waals surface area contributed by atoms with Crippen LogP contribution in [0.1, 0.15) is 5.56 Å². The molecule has 2 rings (SSSR count). The number of alkyl halides is 2. The molecule has 0 spiro atoms. The highest BCUT2D eigenvalue weighted by Gasteiger charge is 2.24. The lowest BCUT2D eigenvalue weighted by molar-refractivity contribution is -0.0518. The fourth-order valence-corrected chi connectivity index (χ4v) is 2.40. The molecule has 1 aromatic rings. The normalized spacial score (nSPS) is 20.8. The number of para-hydroxylation sites is 1. The van der Waals surface area contributed by atoms with Crippen molar-refractivity contribution in [2.45, 2.75) is 19.3 Å². The summed E-state index contributed by atoms with van der Waals surface area (Å²) in [7, 11) is 1.41. The van der Waals surface area contributed by atoms with Gasteiger partial charge in [0.1, 0.15) is 0 Å². The molecule has 0 aliphatic carbocycles. The van der Waals surface area contributed by atoms with Crippen LogP contribution in [0, 0.1) is 5.92 Å². The van der Waals surface area contributed by atoms with Gasteiger partial charge >= 0.3 is 6.61 Å². The Morgan fingerprint density at radius 1 is 1.41 bits per heavy atom. The fourth-order valence-electron chi connectivity index (χ4n) is 2.40. The molecule has 22 heavy (non-hydrogen) atoms. The highest BCUT2D eigenvalue weighted by atomic mass is 35.5. The molecule has 126 valence electrons. The number of rotatable bonds is 7. The molecule has 0 amide bonds. The quantitative estimate of drug-likeness (QED) is 0.701. The summed E-state index contributed by atoms with van der Waals surface area (Å²) in [6, 6.07) is 5.00. The van der Waals surface area contributed by atoms with E-state index in [4.69, 9.17) is 4.74 Å². The summed E-state index contributed by atoms with van der Waals surface area (Å²) in [4.78, 5) is 0. The van der Waals surface area contributed by atoms with Crippen molar-refractivity contribution in [2.24, 2.45) is 5.92 Å². The molecule has 5 nitrogen and oxygen atoms in total. The molecule has 0 bridgehead atoms. The first-order valence-corrected chi connectivity index (χ1v) is 6.82. The molecule has 0 saturated carbocycles. The van der Waals surface area contributed by atoms with Crippen LogP contribution in [0.5, 0.6) is 11.5 Å². The summed E-state index contributed by atoms with van der Waals surface area (Å²) >= 11 is 0. The van der Waals surface area contributed by atoms with E-state index in [0.29, 0.717) is 25.2 Å². The Morgan fingerprint density at radius 2 is 2.18 bits per heavy atom. The van der Waals surface area contributed by atoms with Gasteiger partial charge in [-0.05, 0) is 6.07 Å². The largest absolute Gasteiger partial charge is 0.493 e. The molecule has 3 N–H and O–H groups in total. The zero-order valence-electron chi connectivity index (χ0n) is 12.2. The second-order valence-electron chi connectivity index (χ2n) is 4.94. The number of hydrogen-bond donors (Lipinski definition) is 3. The van der Waals surface area contributed by atoms with Gasteiger partial charge in [-0.25, -0.2) is 0 Å². The van der Waals surface area contributed by atoms with Gasteiger partial charge in [0.25, 0.3) is 0 Å². The summed E-state index contributed by atoms with van der Waals surface area (Å²) in [6.45, 7) is -0.610. The molecule has 1 aromatic carbocycles. The van der Waals surface area contributed by atoms with Crippen LogP contribution in [0.3, 0.4) is 0 Å². The minimum absolute atomic E-state index is 0. The maximum atomic E-state index is 12.5. The van der Waals surface area contributed by atoms with Gasteiger partial charge in [0.15, 0.2) is 11.5 Å². The molecule has 1 aliphatic rings. The van der Waals surface area contributed by atoms with Crippen molar-refractivity contribution in [3.63, 3.8) is 0 Å². The van der Waals surface area contributed by atoms with Crippen LogP contribution in [0.15, 0.2) is 18.2 Å². The lowest BCUT2D eigenvalue weighted by Crippen LogP contribution is -2.30. The predicted molar refractivity (Wildman–Crippen MR) is 80.9 cm³/mol. The lowest BCUT2D eigenvalue weighted by Gasteiger charge is -2.17. The summed E-state index contributed by atoms with van der Waals surface area (Å²) in [5.41, 5.74) is 0.593. The van der Waals surface area contributed by atoms with Gasteiger partial charge in [0.2, 0.25) is 0 Å². The van der Waals surface area contributed by atoms with Crippen molar-refractivity contribution in [3.8, 4) is 11.5 Å². The van der Waals surface area contributed by atoms with E-state index in [1.165, 1.54) is 7.11 Å². The van der Waals surface area contributed by atoms with Gasteiger partial charge in [-0.15, -0.1) is 12.4 Å². The maximum absolute atomic E-state index is 12.5. The Kier molecular flexibility index (Phi) is 7.81. The molecule has 1 saturated heterocycles. The molecule has 1 fully saturated rings. The van der Waals surface area contributed by atoms with Crippen molar-refractivity contribution in [1.29, 1.82) is 0 Å². The average molecular weight is 339 g/mol. The SMILES string of the molecule is COc1cccc(CNCC2CNCC2O)c1OC(F)F.Cl. The Balaban J connectivity index is 0.00000242. The molecule has 1 heterocycles. The summed E-state index contributed by atoms with van der Waals surface area (Å²) in [5.74, 6) is 0.444. The molecule has 1 aliphatic heterocycles. The third kappa shape index (κ3) is 4.95. The molecule has 0 radical (unpaired) electrons. The van der Waals surface area contributed by atoms with E-state index in [-0.39, 0.29) is 35.9 Å². The van der Waals surface area contributed by atoms with Gasteiger partial charge in [-0.3, -0.25) is 0 Å². The molecule has 0 aromatic heterocycles. The van der Waals surface area contributed by atoms with Crippen molar-refractivity contribution >= 4 is 12.4 Å². The number of ether oxygens (including phenoxy) is 2. The van der Waals surface area contributed by atoms with Crippen LogP contribution in [0.2, 0.25) is 0 Å². The van der Waals surface area contributed by atoms with Gasteiger partial charge in [-0.1, -0.05) is 12.1 Å². The van der Waals surface area contributed by atoms with Crippen LogP contribution < -0.4 is 20.1 Å². The second-order valence-corrected chi connectivity index (χ2v) is 4.94. The number of aliphatic hydroxyl groups is 1. The minimum atomic E-state index is -2.90. The summed E-state index contributed by atoms with van der Waals surface area (Å²) < 4.78 is 34.6. The van der Waals surface area contributed by atoms with Crippen LogP contribution in [-0.2, 0) is 6.54 Å². The fraction of sp³-hybridized carbons (Fsp3) is 0.571. The van der Waals surface area contributed by atoms with E-state index in [0.717, 1.165) is 6.54 Å². The average Bonchev–Trinajstić information content (AvgIpc) is 2.85. The third-order valence-corrected chi connectivity index (χ3v) is 3.51. The second kappa shape index (κ2) is 9.09. The van der Waals surface area contributed by atoms with Crippen molar-refractivity contribution in [2.75, 3.05) is 26.7 Å². The third-order valence-electron chi connectivity index (χ3n) is 3.51. The topological polar surface area (TPSA) is 62.8 Å². The van der Waals surface area contributed by atoms with E-state index in [2.05, 4.69) is 15.4 Å². The molecule has 2 atom stereocenters. The number of aliphatic hydroxyl groups excluding tert-OH is 1. The molecular weight excluding hydrogens is 318 g/mol. The number of halogens is 3. The van der Waals surface area contributed by atoms with Gasteiger partial charge in [0, 0.05) is 37.7 Å². The summed E-state index contributed by atoms with van der Waals surface area (Å²) in [5, 5.41) is 15.9. The first-order valence-electron chi connectivity index (χ1n) is 6.82.